The average Bonchev–Trinajstić information content (AvgIpc) is 3.07. The topological polar surface area (TPSA) is 71.4 Å². The van der Waals surface area contributed by atoms with E-state index in [9.17, 15) is 9.59 Å². The van der Waals surface area contributed by atoms with E-state index in [2.05, 4.69) is 5.10 Å². The van der Waals surface area contributed by atoms with Crippen molar-refractivity contribution < 1.29 is 19.1 Å². The molecular formula is C20H21N3O4. The second-order valence-corrected chi connectivity index (χ2v) is 6.31. The molecule has 1 heterocycles. The Kier molecular flexibility index (Phi) is 5.12. The summed E-state index contributed by atoms with van der Waals surface area (Å²) in [5.74, 6) is -0.0634. The Morgan fingerprint density at radius 1 is 1.07 bits per heavy atom. The number of benzene rings is 2. The minimum absolute atomic E-state index is 0.280. The highest BCUT2D eigenvalue weighted by molar-refractivity contribution is 5.96. The summed E-state index contributed by atoms with van der Waals surface area (Å²) in [6, 6.07) is 14.6. The molecule has 140 valence electrons. The summed E-state index contributed by atoms with van der Waals surface area (Å²) >= 11 is 0. The van der Waals surface area contributed by atoms with Crippen LogP contribution in [0.2, 0.25) is 0 Å². The molecule has 1 amide bonds. The van der Waals surface area contributed by atoms with Crippen molar-refractivity contribution >= 4 is 23.5 Å². The van der Waals surface area contributed by atoms with Crippen molar-refractivity contribution in [2.45, 2.75) is 20.1 Å². The normalized spacial score (nSPS) is 15.8. The minimum atomic E-state index is -0.804. The van der Waals surface area contributed by atoms with Crippen LogP contribution in [0.25, 0.3) is 0 Å². The van der Waals surface area contributed by atoms with Gasteiger partial charge in [0.2, 0.25) is 18.0 Å². The summed E-state index contributed by atoms with van der Waals surface area (Å²) in [6.45, 7) is 2.73. The fraction of sp³-hybridized carbons (Fsp3) is 0.250. The minimum Gasteiger partial charge on any atom is -0.446 e. The van der Waals surface area contributed by atoms with Crippen LogP contribution < -0.4 is 9.64 Å². The van der Waals surface area contributed by atoms with E-state index in [1.54, 1.807) is 24.3 Å². The zero-order valence-electron chi connectivity index (χ0n) is 15.7. The van der Waals surface area contributed by atoms with E-state index in [1.165, 1.54) is 18.9 Å². The Morgan fingerprint density at radius 2 is 1.74 bits per heavy atom. The third-order valence-corrected chi connectivity index (χ3v) is 4.04. The van der Waals surface area contributed by atoms with Gasteiger partial charge in [-0.05, 0) is 36.4 Å². The van der Waals surface area contributed by atoms with Crippen molar-refractivity contribution in [1.29, 1.82) is 0 Å². The lowest BCUT2D eigenvalue weighted by atomic mass is 10.1. The van der Waals surface area contributed by atoms with Crippen molar-refractivity contribution in [1.82, 2.24) is 5.01 Å². The lowest BCUT2D eigenvalue weighted by molar-refractivity contribution is -0.135. The van der Waals surface area contributed by atoms with Gasteiger partial charge in [-0.2, -0.15) is 5.01 Å². The van der Waals surface area contributed by atoms with E-state index in [0.717, 1.165) is 11.3 Å². The molecule has 0 saturated carbocycles. The second kappa shape index (κ2) is 7.49. The molecule has 0 bridgehead atoms. The first-order chi connectivity index (χ1) is 12.9. The second-order valence-electron chi connectivity index (χ2n) is 6.31. The van der Waals surface area contributed by atoms with E-state index in [0.29, 0.717) is 17.2 Å². The summed E-state index contributed by atoms with van der Waals surface area (Å²) in [4.78, 5) is 25.5. The van der Waals surface area contributed by atoms with Gasteiger partial charge in [0, 0.05) is 39.2 Å². The van der Waals surface area contributed by atoms with Crippen molar-refractivity contribution in [3.63, 3.8) is 0 Å². The number of rotatable bonds is 4. The van der Waals surface area contributed by atoms with Gasteiger partial charge in [0.05, 0.1) is 5.56 Å². The number of hydrogen-bond acceptors (Lipinski definition) is 6. The Labute approximate surface area is 157 Å². The fourth-order valence-electron chi connectivity index (χ4n) is 2.72. The van der Waals surface area contributed by atoms with Gasteiger partial charge in [-0.25, -0.2) is 0 Å². The number of ether oxygens (including phenoxy) is 2. The third-order valence-electron chi connectivity index (χ3n) is 4.04. The third kappa shape index (κ3) is 3.92. The Morgan fingerprint density at radius 3 is 2.33 bits per heavy atom. The number of amides is 1. The maximum atomic E-state index is 12.1. The van der Waals surface area contributed by atoms with Gasteiger partial charge in [-0.3, -0.25) is 9.59 Å². The molecule has 0 saturated heterocycles. The van der Waals surface area contributed by atoms with Crippen molar-refractivity contribution in [3.8, 4) is 5.75 Å². The molecule has 7 nitrogen and oxygen atoms in total. The summed E-state index contributed by atoms with van der Waals surface area (Å²) in [5, 5.41) is 5.58. The highest BCUT2D eigenvalue weighted by Gasteiger charge is 2.35. The molecule has 0 N–H and O–H groups in total. The SMILES string of the molecule is CC(=O)Oc1ccccc1C1OC(c2ccc(N(C)C)cc2)=NN1C(C)=O. The molecule has 0 spiro atoms. The fourth-order valence-corrected chi connectivity index (χ4v) is 2.72. The molecule has 0 fully saturated rings. The molecule has 1 atom stereocenters. The first-order valence-corrected chi connectivity index (χ1v) is 8.47. The molecule has 0 aliphatic carbocycles. The van der Waals surface area contributed by atoms with Crippen LogP contribution >= 0.6 is 0 Å². The van der Waals surface area contributed by atoms with Crippen LogP contribution in [0.15, 0.2) is 53.6 Å². The number of carbonyl (C=O) groups excluding carboxylic acids is 2. The molecule has 7 heteroatoms. The van der Waals surface area contributed by atoms with Crippen LogP contribution in [-0.4, -0.2) is 36.9 Å². The van der Waals surface area contributed by atoms with Crippen molar-refractivity contribution in [2.24, 2.45) is 5.10 Å². The van der Waals surface area contributed by atoms with Crippen LogP contribution in [0.5, 0.6) is 5.75 Å². The van der Waals surface area contributed by atoms with E-state index in [4.69, 9.17) is 9.47 Å². The van der Waals surface area contributed by atoms with Gasteiger partial charge in [-0.15, -0.1) is 5.10 Å². The van der Waals surface area contributed by atoms with Gasteiger partial charge >= 0.3 is 5.97 Å². The summed E-state index contributed by atoms with van der Waals surface area (Å²) in [7, 11) is 3.91. The van der Waals surface area contributed by atoms with E-state index < -0.39 is 12.2 Å². The Hall–Kier alpha value is -3.35. The van der Waals surface area contributed by atoms with Gasteiger partial charge in [0.15, 0.2) is 0 Å². The molecule has 1 unspecified atom stereocenters. The summed E-state index contributed by atoms with van der Waals surface area (Å²) < 4.78 is 11.2. The van der Waals surface area contributed by atoms with Crippen molar-refractivity contribution in [2.75, 3.05) is 19.0 Å². The predicted molar refractivity (Wildman–Crippen MR) is 101 cm³/mol. The van der Waals surface area contributed by atoms with Crippen LogP contribution in [0.1, 0.15) is 31.2 Å². The van der Waals surface area contributed by atoms with Gasteiger partial charge < -0.3 is 14.4 Å². The lowest BCUT2D eigenvalue weighted by Gasteiger charge is -2.21. The number of carbonyl (C=O) groups is 2. The van der Waals surface area contributed by atoms with Gasteiger partial charge in [0.1, 0.15) is 5.75 Å². The average molecular weight is 367 g/mol. The largest absolute Gasteiger partial charge is 0.446 e. The number of hydrazone groups is 1. The van der Waals surface area contributed by atoms with Crippen molar-refractivity contribution in [3.05, 3.63) is 59.7 Å². The van der Waals surface area contributed by atoms with Crippen LogP contribution in [0.3, 0.4) is 0 Å². The molecule has 1 aliphatic rings. The number of hydrogen-bond donors (Lipinski definition) is 0. The van der Waals surface area contributed by atoms with E-state index >= 15 is 0 Å². The Bertz CT molecular complexity index is 890. The maximum absolute atomic E-state index is 12.1. The van der Waals surface area contributed by atoms with E-state index in [1.807, 2.05) is 43.3 Å². The van der Waals surface area contributed by atoms with E-state index in [-0.39, 0.29) is 5.91 Å². The van der Waals surface area contributed by atoms with Gasteiger partial charge in [0.25, 0.3) is 0 Å². The highest BCUT2D eigenvalue weighted by Crippen LogP contribution is 2.35. The molecule has 3 rings (SSSR count). The zero-order chi connectivity index (χ0) is 19.6. The first-order valence-electron chi connectivity index (χ1n) is 8.47. The molecule has 1 aliphatic heterocycles. The molecule has 0 aromatic heterocycles. The van der Waals surface area contributed by atoms with Crippen LogP contribution in [-0.2, 0) is 14.3 Å². The standard InChI is InChI=1S/C20H21N3O4/c1-13(24)23-20(17-7-5-6-8-18(17)26-14(2)25)27-19(21-23)15-9-11-16(12-10-15)22(3)4/h5-12,20H,1-4H3. The molecular weight excluding hydrogens is 346 g/mol. The quantitative estimate of drug-likeness (QED) is 0.614. The molecule has 2 aromatic rings. The number of nitrogens with zero attached hydrogens (tertiary/aromatic N) is 3. The monoisotopic (exact) mass is 367 g/mol. The van der Waals surface area contributed by atoms with Gasteiger partial charge in [-0.1, -0.05) is 12.1 Å². The lowest BCUT2D eigenvalue weighted by Crippen LogP contribution is -2.26. The first kappa shape index (κ1) is 18.4. The zero-order valence-corrected chi connectivity index (χ0v) is 15.7. The summed E-state index contributed by atoms with van der Waals surface area (Å²) in [6.07, 6.45) is -0.804. The number of anilines is 1. The summed E-state index contributed by atoms with van der Waals surface area (Å²) in [5.41, 5.74) is 2.34. The smallest absolute Gasteiger partial charge is 0.308 e. The molecule has 2 aromatic carbocycles. The highest BCUT2D eigenvalue weighted by atomic mass is 16.5. The molecule has 27 heavy (non-hydrogen) atoms. The van der Waals surface area contributed by atoms with Crippen LogP contribution in [0, 0.1) is 0 Å². The Balaban J connectivity index is 1.93. The number of para-hydroxylation sites is 1. The number of esters is 1. The maximum Gasteiger partial charge on any atom is 0.308 e. The van der Waals surface area contributed by atoms with Crippen LogP contribution in [0.4, 0.5) is 5.69 Å². The molecule has 0 radical (unpaired) electrons. The predicted octanol–water partition coefficient (Wildman–Crippen LogP) is 2.92.